The number of hydrogen-bond acceptors (Lipinski definition) is 13. The van der Waals surface area contributed by atoms with E-state index in [-0.39, 0.29) is 0 Å². The molecule has 0 amide bonds. The number of nitrogens with zero attached hydrogens (tertiary/aromatic N) is 2. The Morgan fingerprint density at radius 3 is 2.07 bits per heavy atom. The highest BCUT2D eigenvalue weighted by Crippen LogP contribution is 2.43. The Morgan fingerprint density at radius 1 is 0.897 bits per heavy atom. The molecule has 13 nitrogen and oxygen atoms in total. The molecule has 0 aromatic rings. The minimum atomic E-state index is -1.46. The quantitative estimate of drug-likeness (QED) is 0.593. The molecule has 0 aromatic heterocycles. The first kappa shape index (κ1) is 19.0. The first-order valence-electron chi connectivity index (χ1n) is 9.35. The topological polar surface area (TPSA) is 114 Å². The third-order valence-corrected chi connectivity index (χ3v) is 4.77. The highest BCUT2D eigenvalue weighted by Gasteiger charge is 2.58. The van der Waals surface area contributed by atoms with Gasteiger partial charge in [-0.3, -0.25) is 10.6 Å². The fraction of sp³-hybridized carbons (Fsp3) is 0.625. The molecule has 5 aliphatic heterocycles. The Bertz CT molecular complexity index is 639. The highest BCUT2D eigenvalue weighted by atomic mass is 17.5. The molecule has 3 saturated heterocycles. The molecule has 0 spiro atoms. The van der Waals surface area contributed by atoms with Gasteiger partial charge in [-0.25, -0.2) is 9.78 Å². The summed E-state index contributed by atoms with van der Waals surface area (Å²) < 4.78 is 12.8. The van der Waals surface area contributed by atoms with E-state index in [9.17, 15) is 0 Å². The number of nitrogens with one attached hydrogen (secondary N) is 2. The third kappa shape index (κ3) is 3.68. The molecular weight excluding hydrogens is 392 g/mol. The van der Waals surface area contributed by atoms with Crippen molar-refractivity contribution in [3.63, 3.8) is 0 Å². The first-order valence-corrected chi connectivity index (χ1v) is 9.35. The zero-order chi connectivity index (χ0) is 19.5. The second-order valence-corrected chi connectivity index (χ2v) is 6.64. The summed E-state index contributed by atoms with van der Waals surface area (Å²) in [6, 6.07) is -1.46. The van der Waals surface area contributed by atoms with Gasteiger partial charge in [0, 0.05) is 25.7 Å². The molecule has 0 saturated carbocycles. The van der Waals surface area contributed by atoms with Gasteiger partial charge in [-0.1, -0.05) is 10.1 Å². The van der Waals surface area contributed by atoms with Crippen LogP contribution in [0.1, 0.15) is 12.8 Å². The second kappa shape index (κ2) is 8.43. The summed E-state index contributed by atoms with van der Waals surface area (Å²) >= 11 is 0. The second-order valence-electron chi connectivity index (χ2n) is 6.64. The van der Waals surface area contributed by atoms with Gasteiger partial charge >= 0.3 is 6.03 Å². The van der Waals surface area contributed by atoms with Crippen LogP contribution in [-0.2, 0) is 43.9 Å². The van der Waals surface area contributed by atoms with E-state index >= 15 is 0 Å². The van der Waals surface area contributed by atoms with Crippen molar-refractivity contribution in [2.75, 3.05) is 33.2 Å². The monoisotopic (exact) mass is 414 g/mol. The summed E-state index contributed by atoms with van der Waals surface area (Å²) in [4.78, 5) is 27.8. The van der Waals surface area contributed by atoms with E-state index in [1.54, 1.807) is 12.3 Å². The summed E-state index contributed by atoms with van der Waals surface area (Å²) in [7, 11) is 0. The van der Waals surface area contributed by atoms with Crippen molar-refractivity contribution in [1.29, 1.82) is 0 Å². The third-order valence-electron chi connectivity index (χ3n) is 4.77. The van der Waals surface area contributed by atoms with E-state index in [1.165, 1.54) is 11.3 Å². The lowest BCUT2D eigenvalue weighted by atomic mass is 10.1. The maximum absolute atomic E-state index is 6.42. The molecule has 0 aromatic carbocycles. The van der Waals surface area contributed by atoms with E-state index in [0.717, 1.165) is 0 Å². The van der Waals surface area contributed by atoms with Crippen LogP contribution in [0.2, 0.25) is 0 Å². The number of rotatable bonds is 4. The number of ether oxygens (including phenoxy) is 2. The Morgan fingerprint density at radius 2 is 1.55 bits per heavy atom. The fourth-order valence-electron chi connectivity index (χ4n) is 3.39. The van der Waals surface area contributed by atoms with Crippen LogP contribution in [0.25, 0.3) is 0 Å². The Balaban J connectivity index is 1.49. The van der Waals surface area contributed by atoms with Gasteiger partial charge in [-0.05, 0) is 12.2 Å². The molecule has 3 fully saturated rings. The van der Waals surface area contributed by atoms with Crippen LogP contribution in [-0.4, -0.2) is 61.4 Å². The normalized spacial score (nSPS) is 35.9. The van der Waals surface area contributed by atoms with E-state index in [1.807, 2.05) is 11.0 Å². The Labute approximate surface area is 165 Å². The van der Waals surface area contributed by atoms with Gasteiger partial charge in [0.25, 0.3) is 0 Å². The zero-order valence-electron chi connectivity index (χ0n) is 15.5. The molecule has 5 heterocycles. The predicted octanol–water partition coefficient (Wildman–Crippen LogP) is -0.198. The molecule has 0 bridgehead atoms. The van der Waals surface area contributed by atoms with Crippen LogP contribution in [0.5, 0.6) is 0 Å². The van der Waals surface area contributed by atoms with Gasteiger partial charge in [0.2, 0.25) is 0 Å². The molecular formula is C16H22N4O9. The van der Waals surface area contributed by atoms with Gasteiger partial charge in [0.1, 0.15) is 6.26 Å². The lowest BCUT2D eigenvalue weighted by Gasteiger charge is -2.45. The Hall–Kier alpha value is -1.94. The molecule has 2 atom stereocenters. The van der Waals surface area contributed by atoms with Crippen LogP contribution in [0.3, 0.4) is 0 Å². The van der Waals surface area contributed by atoms with Gasteiger partial charge in [0.15, 0.2) is 23.7 Å². The van der Waals surface area contributed by atoms with Crippen LogP contribution in [0.4, 0.5) is 0 Å². The van der Waals surface area contributed by atoms with Crippen LogP contribution < -0.4 is 10.6 Å². The molecule has 29 heavy (non-hydrogen) atoms. The minimum Gasteiger partial charge on any atom is -0.418 e. The summed E-state index contributed by atoms with van der Waals surface area (Å²) in [5.41, 5.74) is 0. The average molecular weight is 414 g/mol. The van der Waals surface area contributed by atoms with Crippen molar-refractivity contribution in [1.82, 2.24) is 20.6 Å². The first-order chi connectivity index (χ1) is 14.4. The van der Waals surface area contributed by atoms with Crippen molar-refractivity contribution in [2.45, 2.75) is 31.1 Å². The van der Waals surface area contributed by atoms with Crippen molar-refractivity contribution >= 4 is 0 Å². The van der Waals surface area contributed by atoms with Crippen molar-refractivity contribution in [2.24, 2.45) is 0 Å². The summed E-state index contributed by atoms with van der Waals surface area (Å²) in [5, 5.41) is 17.3. The Kier molecular flexibility index (Phi) is 5.54. The van der Waals surface area contributed by atoms with Crippen LogP contribution in [0, 0.1) is 0 Å². The van der Waals surface area contributed by atoms with E-state index in [0.29, 0.717) is 57.6 Å². The largest absolute Gasteiger partial charge is 0.444 e. The van der Waals surface area contributed by atoms with E-state index in [2.05, 4.69) is 10.6 Å². The number of hydroxylamine groups is 2. The molecule has 5 rings (SSSR count). The number of allylic oxidation sites excluding steroid dienone is 2. The smallest absolute Gasteiger partial charge is 0.418 e. The summed E-state index contributed by atoms with van der Waals surface area (Å²) in [6.45, 7) is 2.27. The van der Waals surface area contributed by atoms with Gasteiger partial charge < -0.3 is 14.3 Å². The van der Waals surface area contributed by atoms with E-state index in [4.69, 9.17) is 43.9 Å². The van der Waals surface area contributed by atoms with Crippen molar-refractivity contribution < 1.29 is 43.9 Å². The maximum Gasteiger partial charge on any atom is 0.444 e. The molecule has 160 valence electrons. The van der Waals surface area contributed by atoms with Crippen LogP contribution in [0.15, 0.2) is 36.1 Å². The predicted molar refractivity (Wildman–Crippen MR) is 88.9 cm³/mol. The lowest BCUT2D eigenvalue weighted by Crippen LogP contribution is -2.67. The zero-order valence-corrected chi connectivity index (χ0v) is 15.5. The number of hydrogen-bond donors (Lipinski definition) is 2. The minimum absolute atomic E-state index is 0.332. The van der Waals surface area contributed by atoms with Gasteiger partial charge in [0.05, 0.1) is 26.6 Å². The standard InChI is InChI=1S/C16H22N4O9/c1-2-6-21-20(5-1)16(19-10-17-9-18-11-19)24-14(12-3-7-22-28-26-12)15(25-16)13-4-8-23-29-27-13/h1-2,5-6,12-13,17-18H,3-4,7-11H2. The molecule has 2 unspecified atom stereocenters. The molecule has 0 radical (unpaired) electrons. The van der Waals surface area contributed by atoms with E-state index < -0.39 is 18.2 Å². The van der Waals surface area contributed by atoms with Crippen LogP contribution >= 0.6 is 0 Å². The van der Waals surface area contributed by atoms with Gasteiger partial charge in [-0.15, -0.1) is 5.06 Å². The maximum atomic E-state index is 6.42. The lowest BCUT2D eigenvalue weighted by molar-refractivity contribution is -0.548. The highest BCUT2D eigenvalue weighted by molar-refractivity contribution is 5.18. The summed E-state index contributed by atoms with van der Waals surface area (Å²) in [5.74, 6) is 0.807. The summed E-state index contributed by atoms with van der Waals surface area (Å²) in [6.07, 6.45) is 6.65. The van der Waals surface area contributed by atoms with Crippen molar-refractivity contribution in [3.8, 4) is 0 Å². The fourth-order valence-corrected chi connectivity index (χ4v) is 3.39. The van der Waals surface area contributed by atoms with Gasteiger partial charge in [-0.2, -0.15) is 14.7 Å². The molecule has 2 N–H and O–H groups in total. The van der Waals surface area contributed by atoms with Crippen molar-refractivity contribution in [3.05, 3.63) is 36.1 Å². The average Bonchev–Trinajstić information content (AvgIpc) is 3.24. The molecule has 5 aliphatic rings. The SMILES string of the molecule is C1=CON(C2(N3CNCNC3)OC(C3CCOOO3)=C(C3CCOOO3)O2)C=C1. The molecule has 13 heteroatoms. The molecule has 0 aliphatic carbocycles.